The fraction of sp³-hybridized carbons (Fsp3) is 0.850. The molecule has 2 heterocycles. The molecule has 0 radical (unpaired) electrons. The molecule has 0 amide bonds. The highest BCUT2D eigenvalue weighted by Crippen LogP contribution is 2.51. The van der Waals surface area contributed by atoms with Gasteiger partial charge >= 0.3 is 0 Å². The van der Waals surface area contributed by atoms with E-state index in [0.717, 1.165) is 13.2 Å². The molecular formula is C20H35N3O. The summed E-state index contributed by atoms with van der Waals surface area (Å²) < 4.78 is 6.05. The van der Waals surface area contributed by atoms with E-state index in [1.165, 1.54) is 62.7 Å². The Kier molecular flexibility index (Phi) is 5.36. The maximum Gasteiger partial charge on any atom is 0.0632 e. The maximum absolute atomic E-state index is 6.05. The fourth-order valence-electron chi connectivity index (χ4n) is 4.79. The van der Waals surface area contributed by atoms with Gasteiger partial charge in [0.15, 0.2) is 0 Å². The van der Waals surface area contributed by atoms with E-state index in [9.17, 15) is 0 Å². The van der Waals surface area contributed by atoms with Crippen LogP contribution in [0, 0.1) is 5.41 Å². The minimum absolute atomic E-state index is 0.0774. The molecule has 1 aliphatic carbocycles. The first-order valence-corrected chi connectivity index (χ1v) is 9.78. The number of aromatic amines is 1. The molecule has 0 unspecified atom stereocenters. The van der Waals surface area contributed by atoms with Crippen LogP contribution < -0.4 is 0 Å². The van der Waals surface area contributed by atoms with Crippen molar-refractivity contribution in [2.45, 2.75) is 83.8 Å². The van der Waals surface area contributed by atoms with Gasteiger partial charge in [-0.1, -0.05) is 13.3 Å². The highest BCUT2D eigenvalue weighted by molar-refractivity contribution is 5.21. The lowest BCUT2D eigenvalue weighted by molar-refractivity contribution is 0.0280. The van der Waals surface area contributed by atoms with Crippen LogP contribution in [0.3, 0.4) is 0 Å². The fourth-order valence-corrected chi connectivity index (χ4v) is 4.79. The number of hydrogen-bond acceptors (Lipinski definition) is 3. The van der Waals surface area contributed by atoms with Crippen LogP contribution in [0.5, 0.6) is 0 Å². The van der Waals surface area contributed by atoms with Gasteiger partial charge in [0.05, 0.1) is 18.4 Å². The van der Waals surface area contributed by atoms with E-state index in [1.54, 1.807) is 0 Å². The molecule has 1 saturated carbocycles. The third-order valence-corrected chi connectivity index (χ3v) is 6.11. The van der Waals surface area contributed by atoms with Crippen molar-refractivity contribution < 1.29 is 4.74 Å². The van der Waals surface area contributed by atoms with Crippen LogP contribution in [-0.4, -0.2) is 40.9 Å². The van der Waals surface area contributed by atoms with Gasteiger partial charge in [0.2, 0.25) is 0 Å². The number of nitrogens with one attached hydrogen (secondary N) is 1. The lowest BCUT2D eigenvalue weighted by atomic mass is 9.67. The van der Waals surface area contributed by atoms with Crippen LogP contribution in [-0.2, 0) is 11.3 Å². The molecule has 24 heavy (non-hydrogen) atoms. The van der Waals surface area contributed by atoms with Crippen LogP contribution in [0.2, 0.25) is 0 Å². The number of ether oxygens (including phenoxy) is 1. The van der Waals surface area contributed by atoms with E-state index in [1.807, 2.05) is 6.20 Å². The Morgan fingerprint density at radius 1 is 1.33 bits per heavy atom. The summed E-state index contributed by atoms with van der Waals surface area (Å²) >= 11 is 0. The molecule has 2 aliphatic rings. The van der Waals surface area contributed by atoms with Gasteiger partial charge in [-0.3, -0.25) is 5.10 Å². The quantitative estimate of drug-likeness (QED) is 0.834. The van der Waals surface area contributed by atoms with E-state index in [2.05, 4.69) is 42.9 Å². The monoisotopic (exact) mass is 333 g/mol. The molecule has 1 spiro atoms. The van der Waals surface area contributed by atoms with Crippen molar-refractivity contribution in [3.05, 3.63) is 17.5 Å². The zero-order valence-electron chi connectivity index (χ0n) is 16.0. The van der Waals surface area contributed by atoms with E-state index < -0.39 is 0 Å². The van der Waals surface area contributed by atoms with Crippen molar-refractivity contribution in [2.75, 3.05) is 20.2 Å². The SMILES string of the molecule is CCCCN(C)Cc1cn[nH]c1C1CCC2(CC1)COC(C)(C)C2. The van der Waals surface area contributed by atoms with E-state index >= 15 is 0 Å². The molecule has 0 atom stereocenters. The van der Waals surface area contributed by atoms with Crippen LogP contribution >= 0.6 is 0 Å². The summed E-state index contributed by atoms with van der Waals surface area (Å²) in [5, 5.41) is 7.69. The first kappa shape index (κ1) is 17.9. The second-order valence-corrected chi connectivity index (χ2v) is 8.90. The zero-order chi connectivity index (χ0) is 17.2. The molecule has 0 bridgehead atoms. The number of unbranched alkanes of at least 4 members (excludes halogenated alkanes) is 1. The predicted molar refractivity (Wildman–Crippen MR) is 98.1 cm³/mol. The first-order valence-electron chi connectivity index (χ1n) is 9.78. The Labute approximate surface area is 147 Å². The van der Waals surface area contributed by atoms with Crippen LogP contribution in [0.1, 0.15) is 82.9 Å². The summed E-state index contributed by atoms with van der Waals surface area (Å²) in [5.41, 5.74) is 3.32. The van der Waals surface area contributed by atoms with Crippen LogP contribution in [0.25, 0.3) is 0 Å². The highest BCUT2D eigenvalue weighted by Gasteiger charge is 2.46. The van der Waals surface area contributed by atoms with E-state index in [4.69, 9.17) is 4.74 Å². The summed E-state index contributed by atoms with van der Waals surface area (Å²) in [6, 6.07) is 0. The average Bonchev–Trinajstić information content (AvgIpc) is 3.11. The summed E-state index contributed by atoms with van der Waals surface area (Å²) in [6.45, 7) is 9.89. The normalized spacial score (nSPS) is 29.6. The van der Waals surface area contributed by atoms with E-state index in [0.29, 0.717) is 11.3 Å². The molecule has 2 fully saturated rings. The van der Waals surface area contributed by atoms with Gasteiger partial charge in [-0.15, -0.1) is 0 Å². The standard InChI is InChI=1S/C20H35N3O/c1-5-6-11-23(4)13-17-12-21-22-18(17)16-7-9-20(10-8-16)14-19(2,3)24-15-20/h12,16H,5-11,13-15H2,1-4H3,(H,21,22). The summed E-state index contributed by atoms with van der Waals surface area (Å²) in [6.07, 6.45) is 10.9. The Morgan fingerprint density at radius 3 is 2.71 bits per heavy atom. The van der Waals surface area contributed by atoms with Crippen molar-refractivity contribution in [3.8, 4) is 0 Å². The molecule has 1 saturated heterocycles. The number of hydrogen-bond donors (Lipinski definition) is 1. The van der Waals surface area contributed by atoms with Gasteiger partial charge in [0.1, 0.15) is 0 Å². The molecule has 4 heteroatoms. The van der Waals surface area contributed by atoms with Crippen molar-refractivity contribution in [3.63, 3.8) is 0 Å². The Bertz CT molecular complexity index is 529. The number of aromatic nitrogens is 2. The summed E-state index contributed by atoms with van der Waals surface area (Å²) in [5.74, 6) is 0.649. The first-order chi connectivity index (χ1) is 11.4. The molecule has 1 N–H and O–H groups in total. The van der Waals surface area contributed by atoms with Crippen LogP contribution in [0.15, 0.2) is 6.20 Å². The third kappa shape index (κ3) is 4.02. The van der Waals surface area contributed by atoms with Crippen molar-refractivity contribution in [2.24, 2.45) is 5.41 Å². The molecule has 0 aromatic carbocycles. The Morgan fingerprint density at radius 2 is 2.08 bits per heavy atom. The largest absolute Gasteiger partial charge is 0.375 e. The minimum atomic E-state index is 0.0774. The van der Waals surface area contributed by atoms with Crippen LogP contribution in [0.4, 0.5) is 0 Å². The second kappa shape index (κ2) is 7.17. The van der Waals surface area contributed by atoms with Gasteiger partial charge < -0.3 is 9.64 Å². The van der Waals surface area contributed by atoms with E-state index in [-0.39, 0.29) is 5.60 Å². The minimum Gasteiger partial charge on any atom is -0.375 e. The number of H-pyrrole nitrogens is 1. The summed E-state index contributed by atoms with van der Waals surface area (Å²) in [7, 11) is 2.22. The molecule has 4 nitrogen and oxygen atoms in total. The third-order valence-electron chi connectivity index (χ3n) is 6.11. The topological polar surface area (TPSA) is 41.2 Å². The predicted octanol–water partition coefficient (Wildman–Crippen LogP) is 4.48. The molecular weight excluding hydrogens is 298 g/mol. The smallest absolute Gasteiger partial charge is 0.0632 e. The van der Waals surface area contributed by atoms with Gasteiger partial charge in [0.25, 0.3) is 0 Å². The van der Waals surface area contributed by atoms with Crippen molar-refractivity contribution in [1.82, 2.24) is 15.1 Å². The van der Waals surface area contributed by atoms with Gasteiger partial charge in [0, 0.05) is 23.7 Å². The average molecular weight is 334 g/mol. The zero-order valence-corrected chi connectivity index (χ0v) is 16.0. The van der Waals surface area contributed by atoms with Crippen molar-refractivity contribution >= 4 is 0 Å². The number of rotatable bonds is 6. The number of nitrogens with zero attached hydrogens (tertiary/aromatic N) is 2. The molecule has 1 aromatic heterocycles. The molecule has 3 rings (SSSR count). The highest BCUT2D eigenvalue weighted by atomic mass is 16.5. The Hall–Kier alpha value is -0.870. The lowest BCUT2D eigenvalue weighted by Gasteiger charge is -2.36. The molecule has 1 aromatic rings. The van der Waals surface area contributed by atoms with Gasteiger partial charge in [-0.05, 0) is 71.4 Å². The summed E-state index contributed by atoms with van der Waals surface area (Å²) in [4.78, 5) is 2.43. The molecule has 1 aliphatic heterocycles. The second-order valence-electron chi connectivity index (χ2n) is 8.90. The maximum atomic E-state index is 6.05. The van der Waals surface area contributed by atoms with Gasteiger partial charge in [-0.25, -0.2) is 0 Å². The van der Waals surface area contributed by atoms with Gasteiger partial charge in [-0.2, -0.15) is 5.10 Å². The Balaban J connectivity index is 1.58. The van der Waals surface area contributed by atoms with Crippen molar-refractivity contribution in [1.29, 1.82) is 0 Å². The lowest BCUT2D eigenvalue weighted by Crippen LogP contribution is -2.29. The molecule has 136 valence electrons.